The van der Waals surface area contributed by atoms with Crippen LogP contribution in [0.2, 0.25) is 0 Å². The van der Waals surface area contributed by atoms with Crippen molar-refractivity contribution in [3.63, 3.8) is 0 Å². The second-order valence-electron chi connectivity index (χ2n) is 3.88. The number of carbonyl (C=O) groups excluding carboxylic acids is 1. The summed E-state index contributed by atoms with van der Waals surface area (Å²) in [7, 11) is 5.00. The molecule has 0 radical (unpaired) electrons. The highest BCUT2D eigenvalue weighted by atomic mass is 16.5. The fourth-order valence-electron chi connectivity index (χ4n) is 2.10. The lowest BCUT2D eigenvalue weighted by Crippen LogP contribution is -2.21. The second kappa shape index (κ2) is 4.04. The summed E-state index contributed by atoms with van der Waals surface area (Å²) >= 11 is 0. The molecular weight excluding hydrogens is 206 g/mol. The Hall–Kier alpha value is -1.71. The number of benzene rings is 1. The summed E-state index contributed by atoms with van der Waals surface area (Å²) in [6.07, 6.45) is 0. The summed E-state index contributed by atoms with van der Waals surface area (Å²) < 4.78 is 9.97. The van der Waals surface area contributed by atoms with E-state index >= 15 is 0 Å². The molecule has 86 valence electrons. The Labute approximate surface area is 94.8 Å². The lowest BCUT2D eigenvalue weighted by Gasteiger charge is -2.11. The summed E-state index contributed by atoms with van der Waals surface area (Å²) in [6.45, 7) is 0.662. The van der Waals surface area contributed by atoms with Crippen molar-refractivity contribution in [2.75, 3.05) is 32.7 Å². The lowest BCUT2D eigenvalue weighted by molar-refractivity contribution is -0.142. The first kappa shape index (κ1) is 10.8. The largest absolute Gasteiger partial charge is 0.497 e. The van der Waals surface area contributed by atoms with Crippen LogP contribution in [0.5, 0.6) is 5.75 Å². The van der Waals surface area contributed by atoms with Gasteiger partial charge < -0.3 is 14.4 Å². The lowest BCUT2D eigenvalue weighted by atomic mass is 10.0. The molecule has 1 aliphatic rings. The van der Waals surface area contributed by atoms with Gasteiger partial charge in [0, 0.05) is 19.3 Å². The van der Waals surface area contributed by atoms with Gasteiger partial charge in [0.2, 0.25) is 0 Å². The summed E-state index contributed by atoms with van der Waals surface area (Å²) in [4.78, 5) is 13.7. The molecule has 1 heterocycles. The quantitative estimate of drug-likeness (QED) is 0.708. The van der Waals surface area contributed by atoms with E-state index in [4.69, 9.17) is 9.47 Å². The molecule has 0 N–H and O–H groups in total. The van der Waals surface area contributed by atoms with Gasteiger partial charge in [0.05, 0.1) is 14.2 Å². The average molecular weight is 221 g/mol. The van der Waals surface area contributed by atoms with Crippen LogP contribution in [0, 0.1) is 0 Å². The third-order valence-electron chi connectivity index (χ3n) is 2.96. The van der Waals surface area contributed by atoms with Crippen molar-refractivity contribution < 1.29 is 14.3 Å². The van der Waals surface area contributed by atoms with E-state index in [1.807, 2.05) is 25.2 Å². The molecule has 4 heteroatoms. The summed E-state index contributed by atoms with van der Waals surface area (Å²) in [5, 5.41) is 0. The van der Waals surface area contributed by atoms with Gasteiger partial charge in [0.15, 0.2) is 0 Å². The van der Waals surface area contributed by atoms with Crippen molar-refractivity contribution in [3.8, 4) is 5.75 Å². The number of carbonyl (C=O) groups is 1. The van der Waals surface area contributed by atoms with E-state index in [9.17, 15) is 4.79 Å². The van der Waals surface area contributed by atoms with E-state index in [2.05, 4.69) is 4.90 Å². The zero-order chi connectivity index (χ0) is 11.7. The first-order chi connectivity index (χ1) is 7.67. The number of nitrogens with zero attached hydrogens (tertiary/aromatic N) is 1. The molecule has 1 aliphatic heterocycles. The molecule has 16 heavy (non-hydrogen) atoms. The van der Waals surface area contributed by atoms with Gasteiger partial charge in [0.1, 0.15) is 11.7 Å². The van der Waals surface area contributed by atoms with Gasteiger partial charge in [-0.05, 0) is 23.8 Å². The highest BCUT2D eigenvalue weighted by Crippen LogP contribution is 2.38. The first-order valence-corrected chi connectivity index (χ1v) is 5.14. The Morgan fingerprint density at radius 1 is 1.44 bits per heavy atom. The highest BCUT2D eigenvalue weighted by molar-refractivity contribution is 5.84. The molecule has 0 aromatic heterocycles. The van der Waals surface area contributed by atoms with Gasteiger partial charge in [-0.15, -0.1) is 0 Å². The van der Waals surface area contributed by atoms with Crippen molar-refractivity contribution in [2.45, 2.75) is 5.92 Å². The maximum absolute atomic E-state index is 11.6. The molecule has 2 rings (SSSR count). The number of ether oxygens (including phenoxy) is 2. The van der Waals surface area contributed by atoms with Crippen LogP contribution < -0.4 is 9.64 Å². The van der Waals surface area contributed by atoms with Crippen molar-refractivity contribution in [2.24, 2.45) is 0 Å². The molecule has 1 aromatic carbocycles. The number of methoxy groups -OCH3 is 2. The Bertz CT molecular complexity index is 417. The van der Waals surface area contributed by atoms with Crippen molar-refractivity contribution in [3.05, 3.63) is 23.8 Å². The van der Waals surface area contributed by atoms with Crippen LogP contribution in [0.25, 0.3) is 0 Å². The van der Waals surface area contributed by atoms with Crippen LogP contribution in [-0.2, 0) is 9.53 Å². The van der Waals surface area contributed by atoms with Crippen LogP contribution in [-0.4, -0.2) is 33.8 Å². The third-order valence-corrected chi connectivity index (χ3v) is 2.96. The fourth-order valence-corrected chi connectivity index (χ4v) is 2.10. The normalized spacial score (nSPS) is 18.2. The molecule has 0 aliphatic carbocycles. The number of anilines is 1. The Morgan fingerprint density at radius 3 is 2.81 bits per heavy atom. The van der Waals surface area contributed by atoms with E-state index < -0.39 is 0 Å². The maximum atomic E-state index is 11.6. The van der Waals surface area contributed by atoms with Gasteiger partial charge in [-0.3, -0.25) is 4.79 Å². The molecule has 0 saturated heterocycles. The van der Waals surface area contributed by atoms with E-state index in [-0.39, 0.29) is 11.9 Å². The van der Waals surface area contributed by atoms with Crippen LogP contribution in [0.4, 0.5) is 5.69 Å². The van der Waals surface area contributed by atoms with Crippen LogP contribution in [0.3, 0.4) is 0 Å². The van der Waals surface area contributed by atoms with Crippen molar-refractivity contribution in [1.82, 2.24) is 0 Å². The summed E-state index contributed by atoms with van der Waals surface area (Å²) in [6, 6.07) is 5.77. The Morgan fingerprint density at radius 2 is 2.19 bits per heavy atom. The standard InChI is InChI=1S/C12H15NO3/c1-13-7-10(12(14)16-3)9-6-8(15-2)4-5-11(9)13/h4-6,10H,7H2,1-3H3. The average Bonchev–Trinajstić information content (AvgIpc) is 2.65. The van der Waals surface area contributed by atoms with Crippen LogP contribution in [0.15, 0.2) is 18.2 Å². The van der Waals surface area contributed by atoms with Crippen molar-refractivity contribution in [1.29, 1.82) is 0 Å². The Kier molecular flexibility index (Phi) is 2.73. The number of rotatable bonds is 2. The number of esters is 1. The minimum Gasteiger partial charge on any atom is -0.497 e. The molecule has 1 aromatic rings. The summed E-state index contributed by atoms with van der Waals surface area (Å²) in [5.41, 5.74) is 2.05. The molecule has 0 fully saturated rings. The number of likely N-dealkylation sites (N-methyl/N-ethyl adjacent to an activating group) is 1. The molecule has 1 atom stereocenters. The van der Waals surface area contributed by atoms with Gasteiger partial charge in [-0.25, -0.2) is 0 Å². The molecule has 0 bridgehead atoms. The molecule has 0 spiro atoms. The van der Waals surface area contributed by atoms with E-state index in [0.717, 1.165) is 17.0 Å². The van der Waals surface area contributed by atoms with Crippen LogP contribution >= 0.6 is 0 Å². The first-order valence-electron chi connectivity index (χ1n) is 5.14. The molecule has 4 nitrogen and oxygen atoms in total. The fraction of sp³-hybridized carbons (Fsp3) is 0.417. The minimum absolute atomic E-state index is 0.196. The molecular formula is C12H15NO3. The number of fused-ring (bicyclic) bond motifs is 1. The van der Waals surface area contributed by atoms with Gasteiger partial charge in [0.25, 0.3) is 0 Å². The maximum Gasteiger partial charge on any atom is 0.315 e. The molecule has 0 amide bonds. The molecule has 0 saturated carbocycles. The predicted molar refractivity (Wildman–Crippen MR) is 61.0 cm³/mol. The number of hydrogen-bond acceptors (Lipinski definition) is 4. The van der Waals surface area contributed by atoms with E-state index in [0.29, 0.717) is 6.54 Å². The Balaban J connectivity index is 2.42. The minimum atomic E-state index is -0.208. The van der Waals surface area contributed by atoms with E-state index in [1.54, 1.807) is 7.11 Å². The van der Waals surface area contributed by atoms with Gasteiger partial charge in [-0.2, -0.15) is 0 Å². The SMILES string of the molecule is COC(=O)C1CN(C)c2ccc(OC)cc21. The summed E-state index contributed by atoms with van der Waals surface area (Å²) in [5.74, 6) is 0.363. The smallest absolute Gasteiger partial charge is 0.315 e. The van der Waals surface area contributed by atoms with Gasteiger partial charge >= 0.3 is 5.97 Å². The topological polar surface area (TPSA) is 38.8 Å². The monoisotopic (exact) mass is 221 g/mol. The molecule has 1 unspecified atom stereocenters. The second-order valence-corrected chi connectivity index (χ2v) is 3.88. The van der Waals surface area contributed by atoms with Gasteiger partial charge in [-0.1, -0.05) is 0 Å². The highest BCUT2D eigenvalue weighted by Gasteiger charge is 2.32. The predicted octanol–water partition coefficient (Wildman–Crippen LogP) is 1.40. The number of hydrogen-bond donors (Lipinski definition) is 0. The van der Waals surface area contributed by atoms with Crippen molar-refractivity contribution >= 4 is 11.7 Å². The third kappa shape index (κ3) is 1.60. The van der Waals surface area contributed by atoms with E-state index in [1.165, 1.54) is 7.11 Å². The van der Waals surface area contributed by atoms with Crippen LogP contribution in [0.1, 0.15) is 11.5 Å². The zero-order valence-electron chi connectivity index (χ0n) is 9.69. The zero-order valence-corrected chi connectivity index (χ0v) is 9.69.